The van der Waals surface area contributed by atoms with E-state index >= 15 is 0 Å². The summed E-state index contributed by atoms with van der Waals surface area (Å²) in [6.45, 7) is 2.16. The Morgan fingerprint density at radius 2 is 2.16 bits per heavy atom. The smallest absolute Gasteiger partial charge is 0.409 e. The third-order valence-electron chi connectivity index (χ3n) is 3.05. The van der Waals surface area contributed by atoms with Gasteiger partial charge in [-0.1, -0.05) is 37.6 Å². The topological polar surface area (TPSA) is 58.6 Å². The zero-order chi connectivity index (χ0) is 13.7. The highest BCUT2D eigenvalue weighted by atomic mass is 16.6. The lowest BCUT2D eigenvalue weighted by Gasteiger charge is -2.03. The third-order valence-corrected chi connectivity index (χ3v) is 3.05. The Morgan fingerprint density at radius 3 is 2.89 bits per heavy atom. The van der Waals surface area contributed by atoms with Gasteiger partial charge in [0.25, 0.3) is 0 Å². The number of carbonyl (C=O) groups excluding carboxylic acids is 1. The molecule has 1 amide bonds. The van der Waals surface area contributed by atoms with E-state index in [0.717, 1.165) is 30.4 Å². The number of hydroxylamine groups is 1. The number of hydrogen-bond donors (Lipinski definition) is 2. The van der Waals surface area contributed by atoms with Gasteiger partial charge in [0.1, 0.15) is 5.75 Å². The summed E-state index contributed by atoms with van der Waals surface area (Å²) in [5.74, 6) is 0.408. The molecule has 0 atom stereocenters. The van der Waals surface area contributed by atoms with Crippen LogP contribution >= 0.6 is 0 Å². The number of aryl methyl sites for hydroxylation is 1. The van der Waals surface area contributed by atoms with Crippen molar-refractivity contribution >= 4 is 6.09 Å². The summed E-state index contributed by atoms with van der Waals surface area (Å²) in [6, 6.07) is 11.5. The minimum Gasteiger partial charge on any atom is -0.409 e. The quantitative estimate of drug-likeness (QED) is 0.651. The van der Waals surface area contributed by atoms with Gasteiger partial charge in [0.2, 0.25) is 0 Å². The summed E-state index contributed by atoms with van der Waals surface area (Å²) in [7, 11) is 0. The summed E-state index contributed by atoms with van der Waals surface area (Å²) in [6.07, 6.45) is 2.39. The third kappa shape index (κ3) is 3.23. The van der Waals surface area contributed by atoms with Crippen LogP contribution < -0.4 is 10.2 Å². The molecule has 2 N–H and O–H groups in total. The summed E-state index contributed by atoms with van der Waals surface area (Å²) < 4.78 is 4.96. The van der Waals surface area contributed by atoms with Gasteiger partial charge < -0.3 is 4.74 Å². The molecule has 0 spiro atoms. The van der Waals surface area contributed by atoms with E-state index in [1.807, 2.05) is 18.2 Å². The van der Waals surface area contributed by atoms with E-state index in [1.165, 1.54) is 11.0 Å². The maximum Gasteiger partial charge on any atom is 0.436 e. The molecule has 0 aliphatic heterocycles. The molecule has 0 aromatic carbocycles. The summed E-state index contributed by atoms with van der Waals surface area (Å²) in [4.78, 5) is 11.0. The lowest BCUT2D eigenvalue weighted by atomic mass is 10.1. The van der Waals surface area contributed by atoms with Crippen LogP contribution in [0.1, 0.15) is 25.3 Å². The van der Waals surface area contributed by atoms with Crippen molar-refractivity contribution < 1.29 is 14.7 Å². The molecular weight excluding hydrogens is 242 g/mol. The molecule has 0 saturated heterocycles. The molecule has 0 saturated carbocycles. The number of nitrogens with one attached hydrogen (secondary N) is 1. The van der Waals surface area contributed by atoms with Crippen molar-refractivity contribution in [2.75, 3.05) is 0 Å². The number of carbonyl (C=O) groups is 1. The molecule has 0 bridgehead atoms. The van der Waals surface area contributed by atoms with Crippen molar-refractivity contribution in [2.45, 2.75) is 26.2 Å². The second kappa shape index (κ2) is 6.20. The Kier molecular flexibility index (Phi) is 4.36. The maximum atomic E-state index is 11.0. The van der Waals surface area contributed by atoms with Crippen molar-refractivity contribution in [1.29, 1.82) is 0 Å². The standard InChI is InChI=1S/C15H17NO3/c1-2-3-5-11-8-9-12-6-4-7-13(10-14(11)12)19-15(17)16-18/h4,6-10,18H,2-3,5H2,1H3,(H,16,17). The number of amides is 1. The Labute approximate surface area is 112 Å². The van der Waals surface area contributed by atoms with Crippen molar-refractivity contribution in [2.24, 2.45) is 0 Å². The van der Waals surface area contributed by atoms with Crippen LogP contribution in [0.15, 0.2) is 36.4 Å². The summed E-state index contributed by atoms with van der Waals surface area (Å²) in [5.41, 5.74) is 4.90. The van der Waals surface area contributed by atoms with Crippen molar-refractivity contribution in [1.82, 2.24) is 5.48 Å². The Balaban J connectivity index is 2.32. The van der Waals surface area contributed by atoms with Crippen LogP contribution in [0.25, 0.3) is 11.1 Å². The lowest BCUT2D eigenvalue weighted by Crippen LogP contribution is -2.22. The van der Waals surface area contributed by atoms with Crippen LogP contribution in [0.4, 0.5) is 4.79 Å². The first-order valence-electron chi connectivity index (χ1n) is 6.38. The first-order chi connectivity index (χ1) is 9.24. The molecule has 19 heavy (non-hydrogen) atoms. The molecular formula is C15H17NO3. The Bertz CT molecular complexity index is 539. The fourth-order valence-electron chi connectivity index (χ4n) is 2.09. The largest absolute Gasteiger partial charge is 0.436 e. The van der Waals surface area contributed by atoms with Crippen molar-refractivity contribution in [3.05, 3.63) is 42.0 Å². The molecule has 100 valence electrons. The zero-order valence-electron chi connectivity index (χ0n) is 10.8. The van der Waals surface area contributed by atoms with Gasteiger partial charge in [-0.05, 0) is 41.7 Å². The summed E-state index contributed by atoms with van der Waals surface area (Å²) >= 11 is 0. The van der Waals surface area contributed by atoms with E-state index < -0.39 is 6.09 Å². The van der Waals surface area contributed by atoms with Crippen LogP contribution in [0.5, 0.6) is 5.75 Å². The van der Waals surface area contributed by atoms with Gasteiger partial charge in [-0.2, -0.15) is 0 Å². The van der Waals surface area contributed by atoms with E-state index in [0.29, 0.717) is 5.75 Å². The van der Waals surface area contributed by atoms with Crippen LogP contribution in [-0.4, -0.2) is 11.3 Å². The fraction of sp³-hybridized carbons (Fsp3) is 0.267. The minimum atomic E-state index is -0.888. The molecule has 4 nitrogen and oxygen atoms in total. The average molecular weight is 259 g/mol. The highest BCUT2D eigenvalue weighted by Crippen LogP contribution is 2.31. The number of ether oxygens (including phenoxy) is 1. The minimum absolute atomic E-state index is 0.408. The van der Waals surface area contributed by atoms with Gasteiger partial charge in [-0.25, -0.2) is 10.3 Å². The molecule has 2 aliphatic rings. The van der Waals surface area contributed by atoms with E-state index in [2.05, 4.69) is 19.1 Å². The number of rotatable bonds is 4. The lowest BCUT2D eigenvalue weighted by molar-refractivity contribution is 0.127. The SMILES string of the molecule is CCCCc1ccc2cccc(OC(=O)NO)cc1-2. The average Bonchev–Trinajstić information content (AvgIpc) is 2.67. The van der Waals surface area contributed by atoms with Crippen LogP contribution in [0.3, 0.4) is 0 Å². The number of unbranched alkanes of at least 4 members (excludes halogenated alkanes) is 1. The highest BCUT2D eigenvalue weighted by molar-refractivity contribution is 5.74. The van der Waals surface area contributed by atoms with Crippen LogP contribution in [0, 0.1) is 0 Å². The second-order valence-corrected chi connectivity index (χ2v) is 4.40. The first kappa shape index (κ1) is 13.4. The first-order valence-corrected chi connectivity index (χ1v) is 6.38. The molecule has 2 aliphatic carbocycles. The van der Waals surface area contributed by atoms with Gasteiger partial charge in [0.05, 0.1) is 0 Å². The molecule has 0 heterocycles. The molecule has 0 aromatic rings. The highest BCUT2D eigenvalue weighted by Gasteiger charge is 2.10. The van der Waals surface area contributed by atoms with Crippen molar-refractivity contribution in [3.8, 4) is 16.9 Å². The molecule has 4 heteroatoms. The summed E-state index contributed by atoms with van der Waals surface area (Å²) in [5, 5.41) is 8.48. The number of fused-ring (bicyclic) bond motifs is 1. The van der Waals surface area contributed by atoms with E-state index in [9.17, 15) is 4.79 Å². The van der Waals surface area contributed by atoms with Crippen molar-refractivity contribution in [3.63, 3.8) is 0 Å². The van der Waals surface area contributed by atoms with Gasteiger partial charge >= 0.3 is 6.09 Å². The number of hydrogen-bond acceptors (Lipinski definition) is 3. The maximum absolute atomic E-state index is 11.0. The zero-order valence-corrected chi connectivity index (χ0v) is 10.8. The molecule has 0 radical (unpaired) electrons. The predicted molar refractivity (Wildman–Crippen MR) is 72.6 cm³/mol. The van der Waals surface area contributed by atoms with Gasteiger partial charge in [0, 0.05) is 0 Å². The molecule has 2 rings (SSSR count). The van der Waals surface area contributed by atoms with Crippen LogP contribution in [0.2, 0.25) is 0 Å². The van der Waals surface area contributed by atoms with E-state index in [-0.39, 0.29) is 0 Å². The molecule has 0 fully saturated rings. The fourth-order valence-corrected chi connectivity index (χ4v) is 2.09. The second-order valence-electron chi connectivity index (χ2n) is 4.40. The van der Waals surface area contributed by atoms with Crippen LogP contribution in [-0.2, 0) is 6.42 Å². The molecule has 0 aromatic heterocycles. The van der Waals surface area contributed by atoms with Gasteiger partial charge in [-0.3, -0.25) is 5.21 Å². The normalized spacial score (nSPS) is 10.4. The van der Waals surface area contributed by atoms with E-state index in [4.69, 9.17) is 9.94 Å². The Hall–Kier alpha value is -2.07. The van der Waals surface area contributed by atoms with Gasteiger partial charge in [-0.15, -0.1) is 0 Å². The van der Waals surface area contributed by atoms with E-state index in [1.54, 1.807) is 6.07 Å². The Morgan fingerprint density at radius 1 is 1.32 bits per heavy atom. The molecule has 0 unspecified atom stereocenters. The predicted octanol–water partition coefficient (Wildman–Crippen LogP) is 3.61. The van der Waals surface area contributed by atoms with Gasteiger partial charge in [0.15, 0.2) is 0 Å². The monoisotopic (exact) mass is 259 g/mol.